The molecule has 0 saturated heterocycles. The highest BCUT2D eigenvalue weighted by atomic mass is 19.1. The van der Waals surface area contributed by atoms with Gasteiger partial charge in [-0.25, -0.2) is 9.37 Å². The number of rotatable bonds is 9. The van der Waals surface area contributed by atoms with Gasteiger partial charge in [0.15, 0.2) is 0 Å². The van der Waals surface area contributed by atoms with Crippen molar-refractivity contribution in [3.8, 4) is 5.75 Å². The van der Waals surface area contributed by atoms with Crippen molar-refractivity contribution in [1.29, 1.82) is 0 Å². The fourth-order valence-corrected chi connectivity index (χ4v) is 3.96. The van der Waals surface area contributed by atoms with Crippen LogP contribution < -0.4 is 10.1 Å². The maximum Gasteiger partial charge on any atom is 0.275 e. The Balaban J connectivity index is 1.79. The van der Waals surface area contributed by atoms with Crippen LogP contribution in [0, 0.1) is 5.82 Å². The third-order valence-corrected chi connectivity index (χ3v) is 5.91. The average Bonchev–Trinajstić information content (AvgIpc) is 2.94. The van der Waals surface area contributed by atoms with Crippen LogP contribution in [0.25, 0.3) is 0 Å². The van der Waals surface area contributed by atoms with Crippen LogP contribution in [0.15, 0.2) is 91.4 Å². The van der Waals surface area contributed by atoms with E-state index in [4.69, 9.17) is 4.74 Å². The summed E-state index contributed by atoms with van der Waals surface area (Å²) in [7, 11) is 1.57. The largest absolute Gasteiger partial charge is 0.497 e. The van der Waals surface area contributed by atoms with Crippen LogP contribution in [-0.4, -0.2) is 33.8 Å². The molecule has 0 saturated carbocycles. The third-order valence-electron chi connectivity index (χ3n) is 5.91. The summed E-state index contributed by atoms with van der Waals surface area (Å²) in [5, 5.41) is 2.83. The predicted octanol–water partition coefficient (Wildman–Crippen LogP) is 5.21. The number of ether oxygens (including phenoxy) is 1. The van der Waals surface area contributed by atoms with E-state index in [0.717, 1.165) is 17.5 Å². The molecule has 188 valence electrons. The van der Waals surface area contributed by atoms with Crippen LogP contribution >= 0.6 is 0 Å². The van der Waals surface area contributed by atoms with Crippen LogP contribution in [-0.2, 0) is 17.8 Å². The monoisotopic (exact) mass is 498 g/mol. The van der Waals surface area contributed by atoms with Crippen LogP contribution in [0.5, 0.6) is 5.75 Å². The second kappa shape index (κ2) is 11.9. The number of halogens is 1. The van der Waals surface area contributed by atoms with Gasteiger partial charge in [0.2, 0.25) is 0 Å². The third kappa shape index (κ3) is 6.35. The molecule has 4 aromatic rings. The summed E-state index contributed by atoms with van der Waals surface area (Å²) < 4.78 is 18.8. The minimum atomic E-state index is -1.02. The fraction of sp³-hybridized carbons (Fsp3) is 0.172. The molecule has 0 unspecified atom stereocenters. The fourth-order valence-electron chi connectivity index (χ4n) is 3.96. The Kier molecular flexibility index (Phi) is 8.20. The molecule has 1 heterocycles. The lowest BCUT2D eigenvalue weighted by molar-refractivity contribution is -0.121. The minimum absolute atomic E-state index is 0.101. The van der Waals surface area contributed by atoms with E-state index < -0.39 is 23.7 Å². The Morgan fingerprint density at radius 1 is 1.00 bits per heavy atom. The lowest BCUT2D eigenvalue weighted by Crippen LogP contribution is -2.41. The van der Waals surface area contributed by atoms with Gasteiger partial charge >= 0.3 is 0 Å². The Morgan fingerprint density at radius 3 is 2.41 bits per heavy atom. The molecule has 8 heteroatoms. The van der Waals surface area contributed by atoms with Gasteiger partial charge in [-0.2, -0.15) is 0 Å². The van der Waals surface area contributed by atoms with E-state index >= 15 is 0 Å². The Morgan fingerprint density at radius 2 is 1.76 bits per heavy atom. The molecule has 3 aromatic carbocycles. The number of aryl methyl sites for hydroxylation is 1. The van der Waals surface area contributed by atoms with Gasteiger partial charge in [0, 0.05) is 24.6 Å². The zero-order valence-electron chi connectivity index (χ0n) is 20.6. The molecule has 0 aliphatic heterocycles. The Bertz CT molecular complexity index is 1350. The number of hydrogen-bond acceptors (Lipinski definition) is 5. The molecule has 0 fully saturated rings. The molecule has 0 bridgehead atoms. The van der Waals surface area contributed by atoms with Crippen molar-refractivity contribution in [2.45, 2.75) is 25.9 Å². The van der Waals surface area contributed by atoms with Gasteiger partial charge in [0.1, 0.15) is 23.3 Å². The number of carbonyl (C=O) groups excluding carboxylic acids is 2. The summed E-state index contributed by atoms with van der Waals surface area (Å²) in [5.41, 5.74) is 3.00. The quantitative estimate of drug-likeness (QED) is 0.343. The first kappa shape index (κ1) is 25.5. The highest BCUT2D eigenvalue weighted by Gasteiger charge is 2.33. The van der Waals surface area contributed by atoms with Crippen molar-refractivity contribution in [2.75, 3.05) is 12.4 Å². The molecular weight excluding hydrogens is 471 g/mol. The summed E-state index contributed by atoms with van der Waals surface area (Å²) in [6.45, 7) is 2.14. The highest BCUT2D eigenvalue weighted by Crippen LogP contribution is 2.28. The van der Waals surface area contributed by atoms with Crippen LogP contribution in [0.1, 0.15) is 40.1 Å². The van der Waals surface area contributed by atoms with Gasteiger partial charge in [-0.3, -0.25) is 14.6 Å². The van der Waals surface area contributed by atoms with E-state index in [-0.39, 0.29) is 12.2 Å². The molecule has 37 heavy (non-hydrogen) atoms. The second-order valence-electron chi connectivity index (χ2n) is 8.37. The van der Waals surface area contributed by atoms with Crippen LogP contribution in [0.2, 0.25) is 0 Å². The normalized spacial score (nSPS) is 11.4. The molecule has 7 nitrogen and oxygen atoms in total. The number of hydrogen-bond donors (Lipinski definition) is 1. The molecule has 0 radical (unpaired) electrons. The van der Waals surface area contributed by atoms with Gasteiger partial charge < -0.3 is 15.0 Å². The summed E-state index contributed by atoms with van der Waals surface area (Å²) in [4.78, 5) is 37.3. The molecule has 0 aliphatic carbocycles. The first-order valence-corrected chi connectivity index (χ1v) is 11.8. The molecule has 1 aromatic heterocycles. The van der Waals surface area contributed by atoms with Crippen molar-refractivity contribution in [1.82, 2.24) is 14.9 Å². The maximum atomic E-state index is 13.8. The van der Waals surface area contributed by atoms with Crippen molar-refractivity contribution >= 4 is 17.5 Å². The van der Waals surface area contributed by atoms with Gasteiger partial charge in [-0.15, -0.1) is 0 Å². The molecule has 4 rings (SSSR count). The molecule has 2 amide bonds. The smallest absolute Gasteiger partial charge is 0.275 e. The molecule has 0 spiro atoms. The minimum Gasteiger partial charge on any atom is -0.497 e. The summed E-state index contributed by atoms with van der Waals surface area (Å²) >= 11 is 0. The number of nitrogens with zero attached hydrogens (tertiary/aromatic N) is 3. The number of amides is 2. The van der Waals surface area contributed by atoms with Crippen molar-refractivity contribution in [2.24, 2.45) is 0 Å². The summed E-state index contributed by atoms with van der Waals surface area (Å²) in [5.74, 6) is -0.697. The number of anilines is 1. The molecule has 0 aliphatic rings. The summed E-state index contributed by atoms with van der Waals surface area (Å²) in [6, 6.07) is 19.3. The van der Waals surface area contributed by atoms with Crippen molar-refractivity contribution < 1.29 is 18.7 Å². The van der Waals surface area contributed by atoms with E-state index in [1.165, 1.54) is 47.8 Å². The van der Waals surface area contributed by atoms with Gasteiger partial charge in [-0.05, 0) is 59.5 Å². The predicted molar refractivity (Wildman–Crippen MR) is 138 cm³/mol. The van der Waals surface area contributed by atoms with E-state index in [1.807, 2.05) is 49.4 Å². The average molecular weight is 499 g/mol. The number of carbonyl (C=O) groups is 2. The van der Waals surface area contributed by atoms with Crippen LogP contribution in [0.4, 0.5) is 10.1 Å². The van der Waals surface area contributed by atoms with E-state index in [9.17, 15) is 14.0 Å². The number of methoxy groups -OCH3 is 1. The molecule has 1 N–H and O–H groups in total. The van der Waals surface area contributed by atoms with E-state index in [1.54, 1.807) is 13.2 Å². The van der Waals surface area contributed by atoms with Gasteiger partial charge in [-0.1, -0.05) is 43.3 Å². The highest BCUT2D eigenvalue weighted by molar-refractivity contribution is 6.00. The van der Waals surface area contributed by atoms with Crippen LogP contribution in [0.3, 0.4) is 0 Å². The van der Waals surface area contributed by atoms with E-state index in [2.05, 4.69) is 15.3 Å². The van der Waals surface area contributed by atoms with E-state index in [0.29, 0.717) is 17.0 Å². The Hall–Kier alpha value is -4.59. The second-order valence-corrected chi connectivity index (χ2v) is 8.37. The zero-order chi connectivity index (χ0) is 26.2. The Labute approximate surface area is 215 Å². The number of benzene rings is 3. The van der Waals surface area contributed by atoms with Crippen molar-refractivity contribution in [3.05, 3.63) is 120 Å². The SMILES string of the molecule is CCc1ccc([C@@H](C(=O)Nc2ccc(F)cc2)N(Cc2cccc(OC)c2)C(=O)c2cnccn2)cc1. The first-order valence-electron chi connectivity index (χ1n) is 11.8. The number of nitrogens with one attached hydrogen (secondary N) is 1. The lowest BCUT2D eigenvalue weighted by atomic mass is 10.00. The summed E-state index contributed by atoms with van der Waals surface area (Å²) in [6.07, 6.45) is 5.11. The standard InChI is InChI=1S/C29H27FN4O3/c1-3-20-7-9-22(10-8-20)27(28(35)33-24-13-11-23(30)12-14-24)34(29(36)26-18-31-15-16-32-26)19-21-5-4-6-25(17-21)37-2/h4-18,27H,3,19H2,1-2H3,(H,33,35)/t27-/m0/s1. The van der Waals surface area contributed by atoms with Crippen molar-refractivity contribution in [3.63, 3.8) is 0 Å². The maximum absolute atomic E-state index is 13.8. The lowest BCUT2D eigenvalue weighted by Gasteiger charge is -2.31. The zero-order valence-corrected chi connectivity index (χ0v) is 20.6. The molecular formula is C29H27FN4O3. The molecule has 1 atom stereocenters. The topological polar surface area (TPSA) is 84.4 Å². The van der Waals surface area contributed by atoms with Gasteiger partial charge in [0.25, 0.3) is 11.8 Å². The first-order chi connectivity index (χ1) is 18.0. The van der Waals surface area contributed by atoms with Gasteiger partial charge in [0.05, 0.1) is 13.3 Å². The number of aromatic nitrogens is 2.